The van der Waals surface area contributed by atoms with E-state index in [1.807, 2.05) is 31.7 Å². The van der Waals surface area contributed by atoms with Gasteiger partial charge in [0, 0.05) is 30.9 Å². The van der Waals surface area contributed by atoms with E-state index in [0.29, 0.717) is 18.2 Å². The maximum absolute atomic E-state index is 14.7. The Balaban J connectivity index is 1.44. The Labute approximate surface area is 204 Å². The Kier molecular flexibility index (Phi) is 5.78. The van der Waals surface area contributed by atoms with E-state index in [1.54, 1.807) is 12.1 Å². The van der Waals surface area contributed by atoms with E-state index in [9.17, 15) is 17.6 Å². The lowest BCUT2D eigenvalue weighted by molar-refractivity contribution is 0.0956. The maximum atomic E-state index is 14.7. The summed E-state index contributed by atoms with van der Waals surface area (Å²) >= 11 is 0. The summed E-state index contributed by atoms with van der Waals surface area (Å²) in [5.74, 6) is -1.16. The van der Waals surface area contributed by atoms with Gasteiger partial charge >= 0.3 is 5.91 Å². The zero-order valence-electron chi connectivity index (χ0n) is 20.1. The van der Waals surface area contributed by atoms with Gasteiger partial charge in [0.1, 0.15) is 22.0 Å². The number of ether oxygens (including phenoxy) is 1. The fourth-order valence-corrected chi connectivity index (χ4v) is 5.10. The van der Waals surface area contributed by atoms with Crippen molar-refractivity contribution < 1.29 is 26.8 Å². The van der Waals surface area contributed by atoms with Gasteiger partial charge in [0.15, 0.2) is 5.76 Å². The van der Waals surface area contributed by atoms with E-state index in [-0.39, 0.29) is 32.8 Å². The molecule has 1 saturated carbocycles. The summed E-state index contributed by atoms with van der Waals surface area (Å²) in [6.07, 6.45) is 3.15. The third-order valence-corrected chi connectivity index (χ3v) is 7.87. The molecule has 1 aliphatic carbocycles. The molecule has 0 unspecified atom stereocenters. The van der Waals surface area contributed by atoms with Crippen LogP contribution in [0.1, 0.15) is 56.2 Å². The van der Waals surface area contributed by atoms with E-state index >= 15 is 0 Å². The number of nitrogens with zero attached hydrogens (tertiary/aromatic N) is 1. The number of furan rings is 1. The highest BCUT2D eigenvalue weighted by atomic mass is 32.2. The number of sulfonamides is 1. The number of halogens is 1. The molecule has 2 fully saturated rings. The van der Waals surface area contributed by atoms with Gasteiger partial charge in [-0.05, 0) is 54.4 Å². The average Bonchev–Trinajstić information content (AvgIpc) is 3.46. The first kappa shape index (κ1) is 23.7. The first-order valence-electron chi connectivity index (χ1n) is 11.8. The van der Waals surface area contributed by atoms with Crippen LogP contribution in [0.15, 0.2) is 45.7 Å². The second kappa shape index (κ2) is 8.55. The summed E-state index contributed by atoms with van der Waals surface area (Å²) in [4.78, 5) is 14.8. The van der Waals surface area contributed by atoms with Gasteiger partial charge in [0.2, 0.25) is 0 Å². The lowest BCUT2D eigenvalue weighted by Crippen LogP contribution is -2.36. The zero-order chi connectivity index (χ0) is 25.0. The van der Waals surface area contributed by atoms with Gasteiger partial charge in [-0.25, -0.2) is 17.5 Å². The number of benzene rings is 2. The molecule has 3 aromatic rings. The molecule has 1 N–H and O–H groups in total. The third kappa shape index (κ3) is 4.87. The number of hydrogen-bond donors (Lipinski definition) is 1. The number of fused-ring (bicyclic) bond motifs is 1. The highest BCUT2D eigenvalue weighted by Gasteiger charge is 2.29. The summed E-state index contributed by atoms with van der Waals surface area (Å²) in [5, 5.41) is 0.125. The Morgan fingerprint density at radius 3 is 2.54 bits per heavy atom. The van der Waals surface area contributed by atoms with Crippen molar-refractivity contribution in [2.75, 3.05) is 24.6 Å². The monoisotopic (exact) mass is 500 g/mol. The molecular weight excluding hydrogens is 471 g/mol. The molecular formula is C26H29FN2O5S. The van der Waals surface area contributed by atoms with Crippen molar-refractivity contribution in [3.05, 3.63) is 53.5 Å². The molecule has 0 spiro atoms. The van der Waals surface area contributed by atoms with Gasteiger partial charge < -0.3 is 14.1 Å². The SMILES string of the molecule is CC(C)(C)c1ccc(OCC2CC2)c(S(=O)(=O)NC(=O)c2cc3c(F)cc(N4CCC4)cc3o2)c1. The minimum absolute atomic E-state index is 0.110. The first-order chi connectivity index (χ1) is 16.5. The van der Waals surface area contributed by atoms with Gasteiger partial charge in [0.05, 0.1) is 12.0 Å². The predicted molar refractivity (Wildman–Crippen MR) is 131 cm³/mol. The minimum atomic E-state index is -4.30. The van der Waals surface area contributed by atoms with Gasteiger partial charge in [-0.2, -0.15) is 0 Å². The second-order valence-corrected chi connectivity index (χ2v) is 12.0. The summed E-state index contributed by atoms with van der Waals surface area (Å²) in [6.45, 7) is 8.00. The van der Waals surface area contributed by atoms with Gasteiger partial charge in [-0.15, -0.1) is 0 Å². The van der Waals surface area contributed by atoms with Gasteiger partial charge in [0.25, 0.3) is 10.0 Å². The molecule has 1 amide bonds. The molecule has 7 nitrogen and oxygen atoms in total. The molecule has 1 saturated heterocycles. The second-order valence-electron chi connectivity index (χ2n) is 10.4. The van der Waals surface area contributed by atoms with Crippen LogP contribution < -0.4 is 14.4 Å². The Hall–Kier alpha value is -3.07. The van der Waals surface area contributed by atoms with Crippen LogP contribution in [0, 0.1) is 11.7 Å². The van der Waals surface area contributed by atoms with E-state index in [4.69, 9.17) is 9.15 Å². The van der Waals surface area contributed by atoms with Crippen molar-refractivity contribution in [1.29, 1.82) is 0 Å². The summed E-state index contributed by atoms with van der Waals surface area (Å²) in [7, 11) is -4.30. The number of amides is 1. The predicted octanol–water partition coefficient (Wildman–Crippen LogP) is 4.99. The Morgan fingerprint density at radius 2 is 1.91 bits per heavy atom. The molecule has 0 atom stereocenters. The maximum Gasteiger partial charge on any atom is 0.300 e. The summed E-state index contributed by atoms with van der Waals surface area (Å²) in [5.41, 5.74) is 1.34. The fourth-order valence-electron chi connectivity index (χ4n) is 3.97. The largest absolute Gasteiger partial charge is 0.492 e. The van der Waals surface area contributed by atoms with E-state index in [0.717, 1.165) is 37.9 Å². The first-order valence-corrected chi connectivity index (χ1v) is 13.3. The molecule has 0 radical (unpaired) electrons. The molecule has 2 aliphatic rings. The van der Waals surface area contributed by atoms with E-state index in [2.05, 4.69) is 4.72 Å². The van der Waals surface area contributed by atoms with Crippen molar-refractivity contribution >= 4 is 32.6 Å². The van der Waals surface area contributed by atoms with Crippen LogP contribution in [0.3, 0.4) is 0 Å². The highest BCUT2D eigenvalue weighted by molar-refractivity contribution is 7.90. The molecule has 1 aromatic heterocycles. The number of nitrogens with one attached hydrogen (secondary N) is 1. The lowest BCUT2D eigenvalue weighted by Gasteiger charge is -2.33. The Morgan fingerprint density at radius 1 is 1.17 bits per heavy atom. The standard InChI is InChI=1S/C26H29FN2O5S/c1-26(2,3)17-7-8-21(33-15-16-5-6-16)24(11-17)35(31,32)28-25(30)23-14-19-20(27)12-18(13-22(19)34-23)29-9-4-10-29/h7-8,11-14,16H,4-6,9-10,15H2,1-3H3,(H,28,30). The minimum Gasteiger partial charge on any atom is -0.492 e. The topological polar surface area (TPSA) is 88.8 Å². The molecule has 0 bridgehead atoms. The summed E-state index contributed by atoms with van der Waals surface area (Å²) in [6, 6.07) is 9.30. The molecule has 1 aliphatic heterocycles. The van der Waals surface area contributed by atoms with Crippen LogP contribution in [0.25, 0.3) is 11.0 Å². The number of carbonyl (C=O) groups excluding carboxylic acids is 1. The fraction of sp³-hybridized carbons (Fsp3) is 0.423. The Bertz CT molecular complexity index is 1400. The van der Waals surface area contributed by atoms with E-state index < -0.39 is 21.7 Å². The van der Waals surface area contributed by atoms with Crippen molar-refractivity contribution in [3.8, 4) is 5.75 Å². The normalized spacial score (nSPS) is 16.3. The van der Waals surface area contributed by atoms with Crippen LogP contribution in [0.2, 0.25) is 0 Å². The number of anilines is 1. The van der Waals surface area contributed by atoms with Gasteiger partial charge in [-0.3, -0.25) is 4.79 Å². The van der Waals surface area contributed by atoms with Crippen LogP contribution in [0.5, 0.6) is 5.75 Å². The van der Waals surface area contributed by atoms with Gasteiger partial charge in [-0.1, -0.05) is 26.8 Å². The van der Waals surface area contributed by atoms with Crippen LogP contribution in [0.4, 0.5) is 10.1 Å². The third-order valence-electron chi connectivity index (χ3n) is 6.51. The molecule has 9 heteroatoms. The quantitative estimate of drug-likeness (QED) is 0.492. The van der Waals surface area contributed by atoms with Crippen molar-refractivity contribution in [2.45, 2.75) is 50.3 Å². The average molecular weight is 501 g/mol. The lowest BCUT2D eigenvalue weighted by atomic mass is 9.87. The van der Waals surface area contributed by atoms with E-state index in [1.165, 1.54) is 18.2 Å². The number of hydrogen-bond acceptors (Lipinski definition) is 6. The highest BCUT2D eigenvalue weighted by Crippen LogP contribution is 2.35. The number of rotatable bonds is 7. The zero-order valence-corrected chi connectivity index (χ0v) is 20.9. The molecule has 2 aromatic carbocycles. The van der Waals surface area contributed by atoms with Crippen LogP contribution >= 0.6 is 0 Å². The summed E-state index contributed by atoms with van der Waals surface area (Å²) < 4.78 is 54.7. The number of carbonyl (C=O) groups is 1. The molecule has 35 heavy (non-hydrogen) atoms. The van der Waals surface area contributed by atoms with Crippen molar-refractivity contribution in [3.63, 3.8) is 0 Å². The van der Waals surface area contributed by atoms with Crippen molar-refractivity contribution in [1.82, 2.24) is 4.72 Å². The van der Waals surface area contributed by atoms with Crippen LogP contribution in [-0.2, 0) is 15.4 Å². The smallest absolute Gasteiger partial charge is 0.300 e. The van der Waals surface area contributed by atoms with Crippen LogP contribution in [-0.4, -0.2) is 34.0 Å². The van der Waals surface area contributed by atoms with Crippen molar-refractivity contribution in [2.24, 2.45) is 5.92 Å². The molecule has 2 heterocycles. The molecule has 186 valence electrons. The molecule has 5 rings (SSSR count).